The molecule has 0 aliphatic carbocycles. The third kappa shape index (κ3) is 7.77. The first-order valence-electron chi connectivity index (χ1n) is 6.07. The number of hydrazine groups is 1. The highest BCUT2D eigenvalue weighted by molar-refractivity contribution is 4.69. The van der Waals surface area contributed by atoms with Crippen LogP contribution in [-0.4, -0.2) is 50.2 Å². The summed E-state index contributed by atoms with van der Waals surface area (Å²) in [5.74, 6) is 0. The largest absolute Gasteiger partial charge is 0.306 e. The lowest BCUT2D eigenvalue weighted by Gasteiger charge is -2.26. The van der Waals surface area contributed by atoms with Crippen LogP contribution in [0.1, 0.15) is 39.5 Å². The predicted octanol–water partition coefficient (Wildman–Crippen LogP) is 1.95. The molecule has 0 radical (unpaired) electrons. The number of hydrogen-bond acceptors (Lipinski definition) is 3. The molecule has 0 saturated carbocycles. The fourth-order valence-corrected chi connectivity index (χ4v) is 1.94. The van der Waals surface area contributed by atoms with E-state index in [9.17, 15) is 0 Å². The first-order chi connectivity index (χ1) is 6.97. The van der Waals surface area contributed by atoms with Crippen molar-refractivity contribution in [3.8, 4) is 0 Å². The van der Waals surface area contributed by atoms with Crippen LogP contribution in [-0.2, 0) is 0 Å². The molecule has 1 N–H and O–H groups in total. The van der Waals surface area contributed by atoms with E-state index in [1.165, 1.54) is 25.7 Å². The van der Waals surface area contributed by atoms with Crippen LogP contribution >= 0.6 is 0 Å². The van der Waals surface area contributed by atoms with Crippen molar-refractivity contribution in [1.82, 2.24) is 15.3 Å². The van der Waals surface area contributed by atoms with Crippen molar-refractivity contribution in [1.29, 1.82) is 0 Å². The normalized spacial score (nSPS) is 16.0. The lowest BCUT2D eigenvalue weighted by molar-refractivity contribution is 0.212. The van der Waals surface area contributed by atoms with Gasteiger partial charge in [-0.1, -0.05) is 13.3 Å². The maximum Gasteiger partial charge on any atom is 0.0187 e. The monoisotopic (exact) mass is 215 g/mol. The van der Waals surface area contributed by atoms with E-state index in [0.717, 1.165) is 6.04 Å². The van der Waals surface area contributed by atoms with Gasteiger partial charge in [0.2, 0.25) is 0 Å². The van der Waals surface area contributed by atoms with Crippen LogP contribution < -0.4 is 5.43 Å². The molecule has 2 atom stereocenters. The average Bonchev–Trinajstić information content (AvgIpc) is 2.10. The molecule has 0 saturated heterocycles. The molecular weight excluding hydrogens is 186 g/mol. The smallest absolute Gasteiger partial charge is 0.0187 e. The summed E-state index contributed by atoms with van der Waals surface area (Å²) in [7, 11) is 8.46. The standard InChI is InChI=1S/C12H29N3/c1-7-8-12(14(3)4)10-9-11(2)13-15(5)6/h11-13H,7-10H2,1-6H3. The van der Waals surface area contributed by atoms with Crippen LogP contribution in [0.4, 0.5) is 0 Å². The molecule has 0 spiro atoms. The van der Waals surface area contributed by atoms with Crippen molar-refractivity contribution in [2.75, 3.05) is 28.2 Å². The summed E-state index contributed by atoms with van der Waals surface area (Å²) >= 11 is 0. The maximum atomic E-state index is 3.39. The molecule has 0 aromatic heterocycles. The second-order valence-corrected chi connectivity index (χ2v) is 4.91. The first kappa shape index (κ1) is 14.9. The third-order valence-corrected chi connectivity index (χ3v) is 2.76. The molecule has 3 heteroatoms. The van der Waals surface area contributed by atoms with Gasteiger partial charge in [0.15, 0.2) is 0 Å². The fraction of sp³-hybridized carbons (Fsp3) is 1.00. The molecule has 0 rings (SSSR count). The minimum Gasteiger partial charge on any atom is -0.306 e. The van der Waals surface area contributed by atoms with Crippen LogP contribution in [0.25, 0.3) is 0 Å². The van der Waals surface area contributed by atoms with Crippen molar-refractivity contribution in [2.45, 2.75) is 51.6 Å². The lowest BCUT2D eigenvalue weighted by Crippen LogP contribution is -2.39. The zero-order valence-corrected chi connectivity index (χ0v) is 11.4. The van der Waals surface area contributed by atoms with Gasteiger partial charge in [-0.3, -0.25) is 10.4 Å². The van der Waals surface area contributed by atoms with Crippen molar-refractivity contribution in [3.63, 3.8) is 0 Å². The molecular formula is C12H29N3. The van der Waals surface area contributed by atoms with Gasteiger partial charge in [0, 0.05) is 26.2 Å². The zero-order chi connectivity index (χ0) is 11.8. The first-order valence-corrected chi connectivity index (χ1v) is 6.07. The topological polar surface area (TPSA) is 18.5 Å². The number of hydrogen-bond donors (Lipinski definition) is 1. The number of nitrogens with zero attached hydrogens (tertiary/aromatic N) is 2. The fourth-order valence-electron chi connectivity index (χ4n) is 1.94. The minimum absolute atomic E-state index is 0.569. The van der Waals surface area contributed by atoms with Gasteiger partial charge in [0.25, 0.3) is 0 Å². The SMILES string of the molecule is CCCC(CCC(C)NN(C)C)N(C)C. The summed E-state index contributed by atoms with van der Waals surface area (Å²) in [6.45, 7) is 4.51. The molecule has 92 valence electrons. The summed E-state index contributed by atoms with van der Waals surface area (Å²) < 4.78 is 0. The molecule has 0 aromatic rings. The van der Waals surface area contributed by atoms with E-state index in [2.05, 4.69) is 38.3 Å². The molecule has 0 aliphatic heterocycles. The Morgan fingerprint density at radius 3 is 2.00 bits per heavy atom. The quantitative estimate of drug-likeness (QED) is 0.624. The van der Waals surface area contributed by atoms with Crippen LogP contribution in [0.15, 0.2) is 0 Å². The third-order valence-electron chi connectivity index (χ3n) is 2.76. The minimum atomic E-state index is 0.569. The summed E-state index contributed by atoms with van der Waals surface area (Å²) in [5.41, 5.74) is 3.39. The molecule has 0 fully saturated rings. The summed E-state index contributed by atoms with van der Waals surface area (Å²) in [4.78, 5) is 2.35. The Morgan fingerprint density at radius 1 is 1.00 bits per heavy atom. The Labute approximate surface area is 95.8 Å². The van der Waals surface area contributed by atoms with Crippen molar-refractivity contribution in [3.05, 3.63) is 0 Å². The molecule has 15 heavy (non-hydrogen) atoms. The predicted molar refractivity (Wildman–Crippen MR) is 67.9 cm³/mol. The van der Waals surface area contributed by atoms with Crippen LogP contribution in [0.3, 0.4) is 0 Å². The second-order valence-electron chi connectivity index (χ2n) is 4.91. The van der Waals surface area contributed by atoms with Gasteiger partial charge in [-0.2, -0.15) is 0 Å². The van der Waals surface area contributed by atoms with Crippen LogP contribution in [0.2, 0.25) is 0 Å². The van der Waals surface area contributed by atoms with E-state index in [1.807, 2.05) is 19.1 Å². The summed E-state index contributed by atoms with van der Waals surface area (Å²) in [5, 5.41) is 2.04. The van der Waals surface area contributed by atoms with E-state index < -0.39 is 0 Å². The molecule has 0 bridgehead atoms. The van der Waals surface area contributed by atoms with Gasteiger partial charge in [0.1, 0.15) is 0 Å². The maximum absolute atomic E-state index is 3.39. The molecule has 0 aliphatic rings. The Morgan fingerprint density at radius 2 is 1.60 bits per heavy atom. The van der Waals surface area contributed by atoms with Gasteiger partial charge in [-0.15, -0.1) is 0 Å². The Bertz CT molecular complexity index is 146. The van der Waals surface area contributed by atoms with Crippen LogP contribution in [0, 0.1) is 0 Å². The van der Waals surface area contributed by atoms with Gasteiger partial charge < -0.3 is 4.90 Å². The van der Waals surface area contributed by atoms with Gasteiger partial charge >= 0.3 is 0 Å². The summed E-state index contributed by atoms with van der Waals surface area (Å²) in [6, 6.07) is 1.31. The van der Waals surface area contributed by atoms with E-state index in [4.69, 9.17) is 0 Å². The van der Waals surface area contributed by atoms with Gasteiger partial charge in [0.05, 0.1) is 0 Å². The average molecular weight is 215 g/mol. The van der Waals surface area contributed by atoms with Gasteiger partial charge in [-0.25, -0.2) is 0 Å². The second kappa shape index (κ2) is 8.08. The number of nitrogens with one attached hydrogen (secondary N) is 1. The van der Waals surface area contributed by atoms with Gasteiger partial charge in [-0.05, 0) is 40.3 Å². The van der Waals surface area contributed by atoms with E-state index in [-0.39, 0.29) is 0 Å². The highest BCUT2D eigenvalue weighted by Crippen LogP contribution is 2.11. The molecule has 0 amide bonds. The zero-order valence-electron chi connectivity index (χ0n) is 11.4. The van der Waals surface area contributed by atoms with E-state index in [1.54, 1.807) is 0 Å². The highest BCUT2D eigenvalue weighted by atomic mass is 15.5. The lowest BCUT2D eigenvalue weighted by atomic mass is 10.0. The van der Waals surface area contributed by atoms with Crippen LogP contribution in [0.5, 0.6) is 0 Å². The van der Waals surface area contributed by atoms with Crippen molar-refractivity contribution < 1.29 is 0 Å². The Hall–Kier alpha value is -0.120. The summed E-state index contributed by atoms with van der Waals surface area (Å²) in [6.07, 6.45) is 5.10. The highest BCUT2D eigenvalue weighted by Gasteiger charge is 2.12. The van der Waals surface area contributed by atoms with E-state index >= 15 is 0 Å². The van der Waals surface area contributed by atoms with E-state index in [0.29, 0.717) is 6.04 Å². The van der Waals surface area contributed by atoms with Crippen molar-refractivity contribution in [2.24, 2.45) is 0 Å². The Balaban J connectivity index is 3.77. The molecule has 0 aromatic carbocycles. The molecule has 3 nitrogen and oxygen atoms in total. The number of rotatable bonds is 8. The van der Waals surface area contributed by atoms with Crippen molar-refractivity contribution >= 4 is 0 Å². The Kier molecular flexibility index (Phi) is 8.02. The molecule has 2 unspecified atom stereocenters. The molecule has 0 heterocycles.